The number of amides is 2. The summed E-state index contributed by atoms with van der Waals surface area (Å²) in [6.45, 7) is 31.3. The SMILES string of the molecule is CCOC(=O)[C@@H](NC(=O)[C@H](CC(=O)[C@H](NC(=O)OC(C)(C)C)c1cc(Br)c(N=NN2CCCC2)c(Br)c1)c1ccc(OC)cc1)[C@@H](O[Si](C(C)C)(C(C)C)C(C)C)c1ccc(O)c(Cl)c1O[Si](C)(C)C(C)(C)C. The van der Waals surface area contributed by atoms with Crippen molar-refractivity contribution < 1.29 is 47.3 Å². The Morgan fingerprint density at radius 1 is 0.849 bits per heavy atom. The van der Waals surface area contributed by atoms with E-state index < -0.39 is 76.5 Å². The first-order chi connectivity index (χ1) is 33.9. The molecule has 404 valence electrons. The number of phenolic OH excluding ortho intramolecular Hbond substituents is 1. The minimum Gasteiger partial charge on any atom is -0.542 e. The van der Waals surface area contributed by atoms with E-state index in [2.05, 4.69) is 115 Å². The molecule has 0 unspecified atom stereocenters. The maximum Gasteiger partial charge on any atom is 0.408 e. The van der Waals surface area contributed by atoms with E-state index in [0.29, 0.717) is 37.1 Å². The molecule has 0 bridgehead atoms. The molecule has 15 nitrogen and oxygen atoms in total. The van der Waals surface area contributed by atoms with Gasteiger partial charge in [0.15, 0.2) is 11.8 Å². The number of nitrogens with zero attached hydrogens (tertiary/aromatic N) is 3. The molecule has 1 heterocycles. The number of benzene rings is 3. The number of ether oxygens (including phenoxy) is 3. The summed E-state index contributed by atoms with van der Waals surface area (Å²) in [6.07, 6.45) is -0.570. The van der Waals surface area contributed by atoms with Crippen molar-refractivity contribution >= 4 is 89.5 Å². The highest BCUT2D eigenvalue weighted by Gasteiger charge is 2.51. The minimum absolute atomic E-state index is 0.00671. The number of hydrogen-bond donors (Lipinski definition) is 3. The van der Waals surface area contributed by atoms with Gasteiger partial charge in [0.2, 0.25) is 14.2 Å². The highest BCUT2D eigenvalue weighted by atomic mass is 79.9. The molecule has 1 saturated heterocycles. The molecule has 3 aromatic carbocycles. The lowest BCUT2D eigenvalue weighted by Gasteiger charge is -2.46. The fourth-order valence-electron chi connectivity index (χ4n) is 9.02. The number of aromatic hydroxyl groups is 1. The topological polar surface area (TPSA) is 187 Å². The minimum atomic E-state index is -3.00. The van der Waals surface area contributed by atoms with E-state index >= 15 is 9.59 Å². The van der Waals surface area contributed by atoms with Crippen LogP contribution in [0.5, 0.6) is 17.2 Å². The van der Waals surface area contributed by atoms with E-state index in [9.17, 15) is 14.7 Å². The standard InChI is InChI=1S/C53H78Br2ClN5O10Si2/c1-17-68-50(65)46(48(71-73(31(2)3,32(4)5)33(6)7)37-24-25-41(62)43(56)47(37)70-72(15,16)53(11,12)13)57-49(64)38(34-20-22-36(67-14)23-21-34)30-42(63)44(58-51(66)69-52(8,9)10)35-28-39(54)45(40(55)29-35)59-60-61-26-18-19-27-61/h20-25,28-29,31-33,38,44,46,48,62H,17-19,26-27,30H2,1-16H3,(H,57,64)(H,58,66)/t38-,44-,46+,48+/m1/s1. The lowest BCUT2D eigenvalue weighted by Crippen LogP contribution is -2.55. The molecule has 1 aliphatic rings. The normalized spacial score (nSPS) is 15.3. The fourth-order valence-corrected chi connectivity index (χ4v) is 17.2. The third-order valence-electron chi connectivity index (χ3n) is 13.7. The molecule has 0 radical (unpaired) electrons. The fraction of sp³-hybridized carbons (Fsp3) is 0.585. The zero-order valence-electron chi connectivity index (χ0n) is 45.5. The van der Waals surface area contributed by atoms with Crippen LogP contribution in [0.25, 0.3) is 0 Å². The molecule has 3 aromatic rings. The number of rotatable bonds is 22. The molecule has 3 N–H and O–H groups in total. The zero-order chi connectivity index (χ0) is 55.0. The summed E-state index contributed by atoms with van der Waals surface area (Å²) in [5.41, 5.74) is 0.687. The van der Waals surface area contributed by atoms with E-state index in [1.165, 1.54) is 13.2 Å². The predicted molar refractivity (Wildman–Crippen MR) is 299 cm³/mol. The Morgan fingerprint density at radius 2 is 1.41 bits per heavy atom. The van der Waals surface area contributed by atoms with Gasteiger partial charge in [-0.1, -0.05) is 91.3 Å². The number of methoxy groups -OCH3 is 1. The third kappa shape index (κ3) is 15.5. The molecule has 2 amide bonds. The summed E-state index contributed by atoms with van der Waals surface area (Å²) in [4.78, 5) is 59.1. The van der Waals surface area contributed by atoms with E-state index in [1.54, 1.807) is 70.2 Å². The molecule has 1 aliphatic heterocycles. The van der Waals surface area contributed by atoms with Gasteiger partial charge in [0.25, 0.3) is 8.32 Å². The summed E-state index contributed by atoms with van der Waals surface area (Å²) in [5, 5.41) is 27.4. The Labute approximate surface area is 457 Å². The van der Waals surface area contributed by atoms with Gasteiger partial charge in [-0.2, -0.15) is 0 Å². The van der Waals surface area contributed by atoms with Crippen LogP contribution in [-0.4, -0.2) is 89.0 Å². The number of hydrogen-bond acceptors (Lipinski definition) is 12. The quantitative estimate of drug-likeness (QED) is 0.0494. The number of halogens is 3. The van der Waals surface area contributed by atoms with Gasteiger partial charge in [-0.05, 0) is 155 Å². The number of esters is 1. The smallest absolute Gasteiger partial charge is 0.408 e. The molecule has 20 heteroatoms. The van der Waals surface area contributed by atoms with E-state index in [-0.39, 0.29) is 44.8 Å². The average Bonchev–Trinajstić information content (AvgIpc) is 3.81. The van der Waals surface area contributed by atoms with Crippen LogP contribution >= 0.6 is 43.5 Å². The number of carbonyl (C=O) groups excluding carboxylic acids is 4. The number of alkyl carbamates (subject to hydrolysis) is 1. The first kappa shape index (κ1) is 61.5. The second-order valence-electron chi connectivity index (χ2n) is 22.0. The second-order valence-corrected chi connectivity index (χ2v) is 34.3. The third-order valence-corrected chi connectivity index (χ3v) is 25.7. The average molecular weight is 1200 g/mol. The Bertz CT molecular complexity index is 2400. The van der Waals surface area contributed by atoms with Gasteiger partial charge in [-0.15, -0.1) is 5.11 Å². The number of phenols is 1. The first-order valence-electron chi connectivity index (χ1n) is 25.1. The van der Waals surface area contributed by atoms with Crippen molar-refractivity contribution in [2.75, 3.05) is 26.8 Å². The molecular formula is C53H78Br2ClN5O10Si2. The molecule has 0 aliphatic carbocycles. The van der Waals surface area contributed by atoms with Gasteiger partial charge in [-0.3, -0.25) is 14.6 Å². The monoisotopic (exact) mass is 1190 g/mol. The lowest BCUT2D eigenvalue weighted by atomic mass is 9.88. The second kappa shape index (κ2) is 25.7. The molecule has 4 rings (SSSR count). The zero-order valence-corrected chi connectivity index (χ0v) is 51.4. The van der Waals surface area contributed by atoms with Crippen LogP contribution in [-0.2, 0) is 28.3 Å². The number of Topliss-reactive ketones (excluding diaryl/α,β-unsaturated/α-hetero) is 1. The molecule has 1 fully saturated rings. The van der Waals surface area contributed by atoms with Crippen molar-refractivity contribution in [1.82, 2.24) is 15.6 Å². The van der Waals surface area contributed by atoms with Gasteiger partial charge in [0.1, 0.15) is 45.7 Å². The predicted octanol–water partition coefficient (Wildman–Crippen LogP) is 14.3. The Hall–Kier alpha value is -4.02. The van der Waals surface area contributed by atoms with Gasteiger partial charge in [0, 0.05) is 34.0 Å². The van der Waals surface area contributed by atoms with Crippen LogP contribution in [0.15, 0.2) is 67.8 Å². The Kier molecular flexibility index (Phi) is 21.6. The highest BCUT2D eigenvalue weighted by Crippen LogP contribution is 2.51. The van der Waals surface area contributed by atoms with Crippen molar-refractivity contribution in [3.8, 4) is 17.2 Å². The lowest BCUT2D eigenvalue weighted by molar-refractivity contribution is -0.151. The Balaban J connectivity index is 1.97. The van der Waals surface area contributed by atoms with Gasteiger partial charge < -0.3 is 38.8 Å². The van der Waals surface area contributed by atoms with E-state index in [4.69, 9.17) is 34.7 Å². The Morgan fingerprint density at radius 3 is 1.90 bits per heavy atom. The molecule has 0 aromatic heterocycles. The van der Waals surface area contributed by atoms with Crippen molar-refractivity contribution in [3.63, 3.8) is 0 Å². The van der Waals surface area contributed by atoms with Crippen LogP contribution in [0.2, 0.25) is 39.8 Å². The molecule has 0 spiro atoms. The molecule has 4 atom stereocenters. The maximum atomic E-state index is 15.5. The summed E-state index contributed by atoms with van der Waals surface area (Å²) < 4.78 is 32.5. The largest absolute Gasteiger partial charge is 0.542 e. The van der Waals surface area contributed by atoms with E-state index in [1.807, 2.05) is 18.1 Å². The van der Waals surface area contributed by atoms with Crippen molar-refractivity contribution in [2.24, 2.45) is 10.3 Å². The summed E-state index contributed by atoms with van der Waals surface area (Å²) in [7, 11) is -4.21. The number of nitrogens with one attached hydrogen (secondary N) is 2. The summed E-state index contributed by atoms with van der Waals surface area (Å²) in [6, 6.07) is 10.2. The maximum absolute atomic E-state index is 15.5. The van der Waals surface area contributed by atoms with Gasteiger partial charge in [0.05, 0.1) is 19.6 Å². The van der Waals surface area contributed by atoms with Crippen molar-refractivity contribution in [1.29, 1.82) is 0 Å². The summed E-state index contributed by atoms with van der Waals surface area (Å²) in [5.74, 6) is -2.94. The van der Waals surface area contributed by atoms with Crippen LogP contribution < -0.4 is 19.8 Å². The van der Waals surface area contributed by atoms with Crippen LogP contribution in [0, 0.1) is 0 Å². The molecule has 0 saturated carbocycles. The highest BCUT2D eigenvalue weighted by molar-refractivity contribution is 9.11. The number of ketones is 1. The molecular weight excluding hydrogens is 1120 g/mol. The first-order valence-corrected chi connectivity index (χ1v) is 32.1. The van der Waals surface area contributed by atoms with Crippen molar-refractivity contribution in [3.05, 3.63) is 79.2 Å². The summed E-state index contributed by atoms with van der Waals surface area (Å²) >= 11 is 14.3. The van der Waals surface area contributed by atoms with Crippen LogP contribution in [0.4, 0.5) is 10.5 Å². The van der Waals surface area contributed by atoms with Gasteiger partial charge in [-0.25, -0.2) is 9.59 Å². The number of carbonyl (C=O) groups is 4. The van der Waals surface area contributed by atoms with Crippen molar-refractivity contribution in [2.45, 2.75) is 174 Å². The van der Waals surface area contributed by atoms with E-state index in [0.717, 1.165) is 25.9 Å². The van der Waals surface area contributed by atoms with Gasteiger partial charge >= 0.3 is 12.1 Å². The molecule has 73 heavy (non-hydrogen) atoms. The van der Waals surface area contributed by atoms with Crippen LogP contribution in [0.3, 0.4) is 0 Å². The van der Waals surface area contributed by atoms with Crippen LogP contribution in [0.1, 0.15) is 144 Å².